The van der Waals surface area contributed by atoms with Gasteiger partial charge >= 0.3 is 0 Å². The smallest absolute Gasteiger partial charge is 0.0369 e. The monoisotopic (exact) mass is 246 g/mol. The van der Waals surface area contributed by atoms with Gasteiger partial charge in [-0.3, -0.25) is 0 Å². The maximum absolute atomic E-state index is 3.22. The number of hydrogen-bond donors (Lipinski definition) is 1. The first-order valence-electron chi connectivity index (χ1n) is 7.11. The van der Waals surface area contributed by atoms with E-state index in [0.29, 0.717) is 0 Å². The lowest BCUT2D eigenvalue weighted by molar-refractivity contribution is 0.324. The number of aryl methyl sites for hydroxylation is 1. The fourth-order valence-electron chi connectivity index (χ4n) is 2.76. The zero-order chi connectivity index (χ0) is 13.1. The van der Waals surface area contributed by atoms with Crippen LogP contribution >= 0.6 is 0 Å². The molecule has 1 saturated heterocycles. The van der Waals surface area contributed by atoms with Gasteiger partial charge in [0.2, 0.25) is 0 Å². The Morgan fingerprint density at radius 3 is 2.67 bits per heavy atom. The van der Waals surface area contributed by atoms with E-state index < -0.39 is 0 Å². The average molecular weight is 246 g/mol. The van der Waals surface area contributed by atoms with Crippen molar-refractivity contribution in [3.05, 3.63) is 29.3 Å². The molecule has 2 unspecified atom stereocenters. The summed E-state index contributed by atoms with van der Waals surface area (Å²) in [7, 11) is 2.00. The molecule has 0 saturated carbocycles. The van der Waals surface area contributed by atoms with Gasteiger partial charge in [-0.2, -0.15) is 0 Å². The first-order valence-corrected chi connectivity index (χ1v) is 7.11. The molecule has 2 atom stereocenters. The van der Waals surface area contributed by atoms with E-state index in [2.05, 4.69) is 49.2 Å². The van der Waals surface area contributed by atoms with Gasteiger partial charge in [-0.25, -0.2) is 0 Å². The summed E-state index contributed by atoms with van der Waals surface area (Å²) in [6.45, 7) is 10.3. The summed E-state index contributed by atoms with van der Waals surface area (Å²) in [5, 5.41) is 3.22. The third-order valence-electron chi connectivity index (χ3n) is 4.39. The highest BCUT2D eigenvalue weighted by atomic mass is 15.1. The first-order chi connectivity index (χ1) is 8.61. The molecule has 0 bridgehead atoms. The second-order valence-corrected chi connectivity index (χ2v) is 5.83. The van der Waals surface area contributed by atoms with Crippen LogP contribution in [0.5, 0.6) is 0 Å². The van der Waals surface area contributed by atoms with E-state index in [0.717, 1.165) is 18.4 Å². The molecule has 0 aliphatic carbocycles. The number of rotatable bonds is 3. The molecular formula is C16H26N2. The summed E-state index contributed by atoms with van der Waals surface area (Å²) in [6, 6.07) is 6.89. The van der Waals surface area contributed by atoms with Crippen LogP contribution in [0.1, 0.15) is 31.4 Å². The lowest BCUT2D eigenvalue weighted by Crippen LogP contribution is -2.38. The van der Waals surface area contributed by atoms with Crippen LogP contribution < -0.4 is 10.2 Å². The van der Waals surface area contributed by atoms with Crippen molar-refractivity contribution in [2.45, 2.75) is 33.7 Å². The van der Waals surface area contributed by atoms with Crippen LogP contribution in [-0.4, -0.2) is 20.1 Å². The Hall–Kier alpha value is -1.02. The summed E-state index contributed by atoms with van der Waals surface area (Å²) < 4.78 is 0. The molecule has 0 amide bonds. The highest BCUT2D eigenvalue weighted by molar-refractivity contribution is 5.51. The third kappa shape index (κ3) is 2.86. The molecule has 1 fully saturated rings. The fourth-order valence-corrected chi connectivity index (χ4v) is 2.76. The van der Waals surface area contributed by atoms with E-state index in [1.54, 1.807) is 0 Å². The van der Waals surface area contributed by atoms with Crippen LogP contribution in [0.15, 0.2) is 18.2 Å². The Bertz CT molecular complexity index is 400. The third-order valence-corrected chi connectivity index (χ3v) is 4.39. The van der Waals surface area contributed by atoms with Crippen LogP contribution in [-0.2, 0) is 6.54 Å². The van der Waals surface area contributed by atoms with Gasteiger partial charge in [-0.1, -0.05) is 19.9 Å². The number of nitrogens with one attached hydrogen (secondary N) is 1. The van der Waals surface area contributed by atoms with Crippen LogP contribution in [0.3, 0.4) is 0 Å². The fraction of sp³-hybridized carbons (Fsp3) is 0.625. The molecule has 0 spiro atoms. The molecular weight excluding hydrogens is 220 g/mol. The molecule has 1 aromatic carbocycles. The topological polar surface area (TPSA) is 15.3 Å². The summed E-state index contributed by atoms with van der Waals surface area (Å²) >= 11 is 0. The van der Waals surface area contributed by atoms with Gasteiger partial charge in [0.25, 0.3) is 0 Å². The number of hydrogen-bond acceptors (Lipinski definition) is 2. The Kier molecular flexibility index (Phi) is 4.28. The van der Waals surface area contributed by atoms with Crippen LogP contribution in [0.25, 0.3) is 0 Å². The second-order valence-electron chi connectivity index (χ2n) is 5.83. The van der Waals surface area contributed by atoms with E-state index in [1.807, 2.05) is 7.05 Å². The van der Waals surface area contributed by atoms with Crippen molar-refractivity contribution in [1.82, 2.24) is 5.32 Å². The van der Waals surface area contributed by atoms with Crippen molar-refractivity contribution in [2.75, 3.05) is 25.0 Å². The predicted molar refractivity (Wildman–Crippen MR) is 79.1 cm³/mol. The SMILES string of the molecule is CNCc1ccc(N2CCC(C)C(C)C2)cc1C. The normalized spacial score (nSPS) is 24.3. The molecule has 1 aliphatic heterocycles. The van der Waals surface area contributed by atoms with Crippen molar-refractivity contribution >= 4 is 5.69 Å². The predicted octanol–water partition coefficient (Wildman–Crippen LogP) is 3.20. The second kappa shape index (κ2) is 5.75. The van der Waals surface area contributed by atoms with E-state index >= 15 is 0 Å². The number of piperidine rings is 1. The van der Waals surface area contributed by atoms with Gasteiger partial charge in [0.05, 0.1) is 0 Å². The van der Waals surface area contributed by atoms with E-state index in [-0.39, 0.29) is 0 Å². The van der Waals surface area contributed by atoms with E-state index in [1.165, 1.54) is 36.3 Å². The van der Waals surface area contributed by atoms with Gasteiger partial charge in [-0.15, -0.1) is 0 Å². The van der Waals surface area contributed by atoms with Gasteiger partial charge in [0.15, 0.2) is 0 Å². The summed E-state index contributed by atoms with van der Waals surface area (Å²) in [5.74, 6) is 1.67. The largest absolute Gasteiger partial charge is 0.371 e. The molecule has 1 aromatic rings. The summed E-state index contributed by atoms with van der Waals surface area (Å²) in [6.07, 6.45) is 1.32. The minimum Gasteiger partial charge on any atom is -0.371 e. The van der Waals surface area contributed by atoms with Gasteiger partial charge in [0.1, 0.15) is 0 Å². The first kappa shape index (κ1) is 13.4. The summed E-state index contributed by atoms with van der Waals surface area (Å²) in [4.78, 5) is 2.54. The van der Waals surface area contributed by atoms with Crippen molar-refractivity contribution in [3.8, 4) is 0 Å². The molecule has 100 valence electrons. The van der Waals surface area contributed by atoms with Crippen molar-refractivity contribution in [3.63, 3.8) is 0 Å². The maximum Gasteiger partial charge on any atom is 0.0369 e. The standard InChI is InChI=1S/C16H26N2/c1-12-7-8-18(11-14(12)3)16-6-5-15(10-17-4)13(2)9-16/h5-6,9,12,14,17H,7-8,10-11H2,1-4H3. The lowest BCUT2D eigenvalue weighted by atomic mass is 9.88. The maximum atomic E-state index is 3.22. The van der Waals surface area contributed by atoms with Crippen molar-refractivity contribution < 1.29 is 0 Å². The Morgan fingerprint density at radius 1 is 1.28 bits per heavy atom. The van der Waals surface area contributed by atoms with E-state index in [9.17, 15) is 0 Å². The van der Waals surface area contributed by atoms with Crippen LogP contribution in [0, 0.1) is 18.8 Å². The van der Waals surface area contributed by atoms with Gasteiger partial charge in [0, 0.05) is 25.3 Å². The average Bonchev–Trinajstić information content (AvgIpc) is 2.35. The number of nitrogens with zero attached hydrogens (tertiary/aromatic N) is 1. The zero-order valence-corrected chi connectivity index (χ0v) is 12.2. The van der Waals surface area contributed by atoms with Crippen molar-refractivity contribution in [1.29, 1.82) is 0 Å². The molecule has 0 aromatic heterocycles. The summed E-state index contributed by atoms with van der Waals surface area (Å²) in [5.41, 5.74) is 4.19. The molecule has 2 nitrogen and oxygen atoms in total. The van der Waals surface area contributed by atoms with E-state index in [4.69, 9.17) is 0 Å². The Labute approximate surface area is 111 Å². The molecule has 1 N–H and O–H groups in total. The molecule has 2 rings (SSSR count). The lowest BCUT2D eigenvalue weighted by Gasteiger charge is -2.37. The minimum absolute atomic E-state index is 0.802. The molecule has 0 radical (unpaired) electrons. The number of anilines is 1. The Morgan fingerprint density at radius 2 is 2.06 bits per heavy atom. The zero-order valence-electron chi connectivity index (χ0n) is 12.2. The van der Waals surface area contributed by atoms with Crippen molar-refractivity contribution in [2.24, 2.45) is 11.8 Å². The number of benzene rings is 1. The molecule has 1 heterocycles. The molecule has 1 aliphatic rings. The highest BCUT2D eigenvalue weighted by Crippen LogP contribution is 2.28. The van der Waals surface area contributed by atoms with Gasteiger partial charge in [-0.05, 0) is 55.5 Å². The highest BCUT2D eigenvalue weighted by Gasteiger charge is 2.22. The van der Waals surface area contributed by atoms with Crippen LogP contribution in [0.4, 0.5) is 5.69 Å². The quantitative estimate of drug-likeness (QED) is 0.881. The Balaban J connectivity index is 2.12. The minimum atomic E-state index is 0.802. The molecule has 2 heteroatoms. The molecule has 18 heavy (non-hydrogen) atoms. The van der Waals surface area contributed by atoms with Crippen LogP contribution in [0.2, 0.25) is 0 Å². The van der Waals surface area contributed by atoms with Gasteiger partial charge < -0.3 is 10.2 Å².